The molecule has 1 aliphatic rings. The number of H-pyrrole nitrogens is 1. The standard InChI is InChI=1S/C14H15ClN2O/c1-8-14-12(17-16-8)6-10(7-13(14)18)9-2-4-11(15)5-3-9/h2-5,10,13,18H,6-7H2,1H3,(H,16,17). The number of aliphatic hydroxyl groups is 1. The van der Waals surface area contributed by atoms with Crippen molar-refractivity contribution in [2.45, 2.75) is 31.8 Å². The van der Waals surface area contributed by atoms with Crippen molar-refractivity contribution in [2.75, 3.05) is 0 Å². The Balaban J connectivity index is 1.92. The highest BCUT2D eigenvalue weighted by atomic mass is 35.5. The zero-order chi connectivity index (χ0) is 12.7. The summed E-state index contributed by atoms with van der Waals surface area (Å²) in [6, 6.07) is 7.86. The highest BCUT2D eigenvalue weighted by molar-refractivity contribution is 6.30. The molecule has 0 saturated carbocycles. The number of nitrogens with one attached hydrogen (secondary N) is 1. The maximum Gasteiger partial charge on any atom is 0.0831 e. The van der Waals surface area contributed by atoms with Gasteiger partial charge in [0, 0.05) is 16.3 Å². The molecule has 3 nitrogen and oxygen atoms in total. The van der Waals surface area contributed by atoms with E-state index in [2.05, 4.69) is 10.2 Å². The van der Waals surface area contributed by atoms with Crippen LogP contribution in [0.1, 0.15) is 41.0 Å². The molecule has 2 aromatic rings. The van der Waals surface area contributed by atoms with Crippen LogP contribution in [0.25, 0.3) is 0 Å². The molecule has 1 aromatic heterocycles. The van der Waals surface area contributed by atoms with Crippen LogP contribution >= 0.6 is 11.6 Å². The van der Waals surface area contributed by atoms with Crippen LogP contribution in [0, 0.1) is 6.92 Å². The Labute approximate surface area is 111 Å². The number of aryl methyl sites for hydroxylation is 1. The predicted octanol–water partition coefficient (Wildman–Crippen LogP) is 3.13. The number of nitrogens with zero attached hydrogens (tertiary/aromatic N) is 1. The molecule has 1 heterocycles. The maximum atomic E-state index is 10.2. The van der Waals surface area contributed by atoms with Crippen LogP contribution < -0.4 is 0 Å². The smallest absolute Gasteiger partial charge is 0.0831 e. The molecule has 2 atom stereocenters. The minimum absolute atomic E-state index is 0.312. The van der Waals surface area contributed by atoms with Gasteiger partial charge < -0.3 is 5.11 Å². The second-order valence-corrected chi connectivity index (χ2v) is 5.35. The third kappa shape index (κ3) is 1.93. The van der Waals surface area contributed by atoms with Crippen molar-refractivity contribution in [1.82, 2.24) is 10.2 Å². The van der Waals surface area contributed by atoms with Gasteiger partial charge >= 0.3 is 0 Å². The van der Waals surface area contributed by atoms with Crippen LogP contribution in [0.5, 0.6) is 0 Å². The number of hydrogen-bond donors (Lipinski definition) is 2. The van der Waals surface area contributed by atoms with E-state index in [1.807, 2.05) is 31.2 Å². The first-order valence-corrected chi connectivity index (χ1v) is 6.50. The third-order valence-electron chi connectivity index (χ3n) is 3.70. The fraction of sp³-hybridized carbons (Fsp3) is 0.357. The molecule has 3 rings (SSSR count). The quantitative estimate of drug-likeness (QED) is 0.830. The van der Waals surface area contributed by atoms with Gasteiger partial charge in [-0.3, -0.25) is 5.10 Å². The van der Waals surface area contributed by atoms with E-state index in [1.54, 1.807) is 0 Å². The number of aliphatic hydroxyl groups excluding tert-OH is 1. The van der Waals surface area contributed by atoms with Crippen molar-refractivity contribution in [1.29, 1.82) is 0 Å². The van der Waals surface area contributed by atoms with Crippen molar-refractivity contribution >= 4 is 11.6 Å². The van der Waals surface area contributed by atoms with Gasteiger partial charge in [-0.05, 0) is 43.4 Å². The fourth-order valence-corrected chi connectivity index (χ4v) is 2.91. The zero-order valence-corrected chi connectivity index (χ0v) is 10.9. The molecular formula is C14H15ClN2O. The summed E-state index contributed by atoms with van der Waals surface area (Å²) in [7, 11) is 0. The summed E-state index contributed by atoms with van der Waals surface area (Å²) in [4.78, 5) is 0. The number of hydrogen-bond acceptors (Lipinski definition) is 2. The van der Waals surface area contributed by atoms with Crippen LogP contribution in [-0.4, -0.2) is 15.3 Å². The van der Waals surface area contributed by atoms with E-state index in [-0.39, 0.29) is 0 Å². The van der Waals surface area contributed by atoms with Crippen LogP contribution in [0.15, 0.2) is 24.3 Å². The molecular weight excluding hydrogens is 248 g/mol. The molecule has 0 spiro atoms. The molecule has 0 bridgehead atoms. The number of rotatable bonds is 1. The second-order valence-electron chi connectivity index (χ2n) is 4.91. The lowest BCUT2D eigenvalue weighted by atomic mass is 9.81. The summed E-state index contributed by atoms with van der Waals surface area (Å²) < 4.78 is 0. The lowest BCUT2D eigenvalue weighted by Crippen LogP contribution is -2.17. The molecule has 4 heteroatoms. The lowest BCUT2D eigenvalue weighted by Gasteiger charge is -2.26. The first-order valence-electron chi connectivity index (χ1n) is 6.12. The number of benzene rings is 1. The largest absolute Gasteiger partial charge is 0.388 e. The van der Waals surface area contributed by atoms with Crippen LogP contribution in [0.4, 0.5) is 0 Å². The van der Waals surface area contributed by atoms with Gasteiger partial charge in [0.1, 0.15) is 0 Å². The normalized spacial score (nSPS) is 22.8. The van der Waals surface area contributed by atoms with E-state index in [1.165, 1.54) is 5.56 Å². The van der Waals surface area contributed by atoms with Crippen LogP contribution in [0.3, 0.4) is 0 Å². The SMILES string of the molecule is Cc1[nH]nc2c1C(O)CC(c1ccc(Cl)cc1)C2. The van der Waals surface area contributed by atoms with Crippen LogP contribution in [0.2, 0.25) is 5.02 Å². The molecule has 1 aliphatic carbocycles. The molecule has 2 N–H and O–H groups in total. The minimum Gasteiger partial charge on any atom is -0.388 e. The first kappa shape index (κ1) is 11.8. The van der Waals surface area contributed by atoms with Gasteiger partial charge in [0.2, 0.25) is 0 Å². The number of aromatic nitrogens is 2. The third-order valence-corrected chi connectivity index (χ3v) is 3.95. The van der Waals surface area contributed by atoms with Gasteiger partial charge in [-0.2, -0.15) is 5.10 Å². The van der Waals surface area contributed by atoms with Gasteiger partial charge in [-0.15, -0.1) is 0 Å². The van der Waals surface area contributed by atoms with Gasteiger partial charge in [-0.25, -0.2) is 0 Å². The molecule has 0 aliphatic heterocycles. The van der Waals surface area contributed by atoms with Gasteiger partial charge in [-0.1, -0.05) is 23.7 Å². The summed E-state index contributed by atoms with van der Waals surface area (Å²) in [5, 5.41) is 18.2. The lowest BCUT2D eigenvalue weighted by molar-refractivity contribution is 0.147. The Kier molecular flexibility index (Phi) is 2.88. The van der Waals surface area contributed by atoms with Crippen molar-refractivity contribution in [3.05, 3.63) is 51.8 Å². The summed E-state index contributed by atoms with van der Waals surface area (Å²) in [6.07, 6.45) is 1.20. The Morgan fingerprint density at radius 3 is 2.78 bits per heavy atom. The van der Waals surface area contributed by atoms with Crippen molar-refractivity contribution in [3.63, 3.8) is 0 Å². The molecule has 2 unspecified atom stereocenters. The van der Waals surface area contributed by atoms with Crippen molar-refractivity contribution in [2.24, 2.45) is 0 Å². The Hall–Kier alpha value is -1.32. The topological polar surface area (TPSA) is 48.9 Å². The molecule has 0 fully saturated rings. The van der Waals surface area contributed by atoms with Gasteiger partial charge in [0.15, 0.2) is 0 Å². The summed E-state index contributed by atoms with van der Waals surface area (Å²) in [5.74, 6) is 0.312. The van der Waals surface area contributed by atoms with E-state index in [9.17, 15) is 5.11 Å². The van der Waals surface area contributed by atoms with E-state index in [0.29, 0.717) is 5.92 Å². The minimum atomic E-state index is -0.423. The average molecular weight is 263 g/mol. The molecule has 1 aromatic carbocycles. The number of halogens is 1. The number of aromatic amines is 1. The van der Waals surface area contributed by atoms with Crippen molar-refractivity contribution in [3.8, 4) is 0 Å². The Morgan fingerprint density at radius 1 is 1.33 bits per heavy atom. The second kappa shape index (κ2) is 4.41. The molecule has 0 amide bonds. The van der Waals surface area contributed by atoms with Gasteiger partial charge in [0.25, 0.3) is 0 Å². The number of fused-ring (bicyclic) bond motifs is 1. The van der Waals surface area contributed by atoms with E-state index in [4.69, 9.17) is 11.6 Å². The van der Waals surface area contributed by atoms with E-state index < -0.39 is 6.10 Å². The molecule has 0 radical (unpaired) electrons. The van der Waals surface area contributed by atoms with E-state index >= 15 is 0 Å². The summed E-state index contributed by atoms with van der Waals surface area (Å²) >= 11 is 5.90. The summed E-state index contributed by atoms with van der Waals surface area (Å²) in [6.45, 7) is 1.96. The van der Waals surface area contributed by atoms with Crippen LogP contribution in [-0.2, 0) is 6.42 Å². The monoisotopic (exact) mass is 262 g/mol. The molecule has 0 saturated heterocycles. The average Bonchev–Trinajstić information content (AvgIpc) is 2.72. The molecule has 18 heavy (non-hydrogen) atoms. The molecule has 94 valence electrons. The Morgan fingerprint density at radius 2 is 2.06 bits per heavy atom. The highest BCUT2D eigenvalue weighted by Crippen LogP contribution is 2.39. The first-order chi connectivity index (χ1) is 8.65. The Bertz CT molecular complexity index is 562. The zero-order valence-electron chi connectivity index (χ0n) is 10.2. The summed E-state index contributed by atoms with van der Waals surface area (Å²) in [5.41, 5.74) is 4.17. The maximum absolute atomic E-state index is 10.2. The van der Waals surface area contributed by atoms with Crippen molar-refractivity contribution < 1.29 is 5.11 Å². The van der Waals surface area contributed by atoms with E-state index in [0.717, 1.165) is 34.8 Å². The highest BCUT2D eigenvalue weighted by Gasteiger charge is 2.29. The predicted molar refractivity (Wildman–Crippen MR) is 70.8 cm³/mol. The fourth-order valence-electron chi connectivity index (χ4n) is 2.78. The van der Waals surface area contributed by atoms with Gasteiger partial charge in [0.05, 0.1) is 11.8 Å².